The molecular formula is C16H24N2O3. The number of urea groups is 1. The lowest BCUT2D eigenvalue weighted by Crippen LogP contribution is -2.29. The molecule has 0 spiro atoms. The summed E-state index contributed by atoms with van der Waals surface area (Å²) in [6.45, 7) is 5.21. The summed E-state index contributed by atoms with van der Waals surface area (Å²) in [4.78, 5) is 23.3. The number of rotatable bonds is 8. The number of amides is 2. The highest BCUT2D eigenvalue weighted by molar-refractivity contribution is 5.92. The minimum Gasteiger partial charge on any atom is -0.462 e. The van der Waals surface area contributed by atoms with Crippen molar-refractivity contribution in [1.29, 1.82) is 0 Å². The summed E-state index contributed by atoms with van der Waals surface area (Å²) in [5, 5.41) is 5.48. The van der Waals surface area contributed by atoms with Crippen LogP contribution in [0, 0.1) is 0 Å². The molecule has 0 saturated carbocycles. The van der Waals surface area contributed by atoms with E-state index in [1.54, 1.807) is 24.3 Å². The van der Waals surface area contributed by atoms with E-state index in [0.29, 0.717) is 24.4 Å². The molecule has 0 heterocycles. The number of unbranched alkanes of at least 4 members (excludes halogenated alkanes) is 2. The number of anilines is 1. The summed E-state index contributed by atoms with van der Waals surface area (Å²) in [7, 11) is 0. The molecule has 0 atom stereocenters. The van der Waals surface area contributed by atoms with Gasteiger partial charge in [0.1, 0.15) is 0 Å². The van der Waals surface area contributed by atoms with Gasteiger partial charge in [0.2, 0.25) is 0 Å². The highest BCUT2D eigenvalue weighted by atomic mass is 16.5. The van der Waals surface area contributed by atoms with Crippen LogP contribution in [0.1, 0.15) is 49.9 Å². The van der Waals surface area contributed by atoms with Gasteiger partial charge in [0.05, 0.1) is 12.2 Å². The standard InChI is InChI=1S/C16H24N2O3/c1-3-5-11-17-16(20)18-14-9-7-13(8-10-14)15(19)21-12-6-4-2/h7-10H,3-6,11-12H2,1-2H3,(H2,17,18,20). The van der Waals surface area contributed by atoms with Gasteiger partial charge in [0.15, 0.2) is 0 Å². The van der Waals surface area contributed by atoms with E-state index in [-0.39, 0.29) is 12.0 Å². The van der Waals surface area contributed by atoms with Crippen molar-refractivity contribution in [3.05, 3.63) is 29.8 Å². The summed E-state index contributed by atoms with van der Waals surface area (Å²) in [6.07, 6.45) is 3.84. The molecule has 5 nitrogen and oxygen atoms in total. The van der Waals surface area contributed by atoms with Crippen LogP contribution in [0.3, 0.4) is 0 Å². The van der Waals surface area contributed by atoms with E-state index in [9.17, 15) is 9.59 Å². The van der Waals surface area contributed by atoms with Crippen molar-refractivity contribution in [3.63, 3.8) is 0 Å². The molecule has 0 bridgehead atoms. The zero-order valence-corrected chi connectivity index (χ0v) is 12.8. The Balaban J connectivity index is 2.42. The van der Waals surface area contributed by atoms with E-state index in [1.807, 2.05) is 6.92 Å². The van der Waals surface area contributed by atoms with Crippen LogP contribution in [0.5, 0.6) is 0 Å². The Kier molecular flexibility index (Phi) is 7.94. The van der Waals surface area contributed by atoms with E-state index in [1.165, 1.54) is 0 Å². The second-order valence-electron chi connectivity index (χ2n) is 4.80. The fourth-order valence-corrected chi connectivity index (χ4v) is 1.64. The number of ether oxygens (including phenoxy) is 1. The predicted molar refractivity (Wildman–Crippen MR) is 83.6 cm³/mol. The molecule has 0 fully saturated rings. The van der Waals surface area contributed by atoms with E-state index < -0.39 is 0 Å². The van der Waals surface area contributed by atoms with Crippen LogP contribution in [-0.4, -0.2) is 25.2 Å². The zero-order valence-electron chi connectivity index (χ0n) is 12.8. The summed E-state index contributed by atoms with van der Waals surface area (Å²) in [5.41, 5.74) is 1.14. The summed E-state index contributed by atoms with van der Waals surface area (Å²) in [6, 6.07) is 6.44. The molecule has 1 rings (SSSR count). The molecule has 0 aliphatic carbocycles. The molecule has 116 valence electrons. The lowest BCUT2D eigenvalue weighted by Gasteiger charge is -2.08. The maximum absolute atomic E-state index is 11.7. The largest absolute Gasteiger partial charge is 0.462 e. The van der Waals surface area contributed by atoms with Crippen LogP contribution < -0.4 is 10.6 Å². The van der Waals surface area contributed by atoms with Gasteiger partial charge in [-0.15, -0.1) is 0 Å². The van der Waals surface area contributed by atoms with Gasteiger partial charge < -0.3 is 15.4 Å². The van der Waals surface area contributed by atoms with Crippen molar-refractivity contribution in [2.75, 3.05) is 18.5 Å². The SMILES string of the molecule is CCCCNC(=O)Nc1ccc(C(=O)OCCCC)cc1. The average Bonchev–Trinajstić information content (AvgIpc) is 2.48. The van der Waals surface area contributed by atoms with Gasteiger partial charge in [-0.25, -0.2) is 9.59 Å². The van der Waals surface area contributed by atoms with Crippen LogP contribution in [-0.2, 0) is 4.74 Å². The molecule has 0 unspecified atom stereocenters. The van der Waals surface area contributed by atoms with Crippen LogP contribution >= 0.6 is 0 Å². The molecule has 21 heavy (non-hydrogen) atoms. The van der Waals surface area contributed by atoms with Crippen LogP contribution in [0.25, 0.3) is 0 Å². The third kappa shape index (κ3) is 6.79. The van der Waals surface area contributed by atoms with Crippen molar-refractivity contribution >= 4 is 17.7 Å². The maximum Gasteiger partial charge on any atom is 0.338 e. The van der Waals surface area contributed by atoms with Gasteiger partial charge in [-0.2, -0.15) is 0 Å². The number of benzene rings is 1. The molecule has 5 heteroatoms. The lowest BCUT2D eigenvalue weighted by molar-refractivity contribution is 0.0500. The second-order valence-corrected chi connectivity index (χ2v) is 4.80. The molecule has 1 aromatic carbocycles. The topological polar surface area (TPSA) is 67.4 Å². The van der Waals surface area contributed by atoms with E-state index in [0.717, 1.165) is 25.7 Å². The second kappa shape index (κ2) is 9.80. The van der Waals surface area contributed by atoms with Gasteiger partial charge >= 0.3 is 12.0 Å². The Morgan fingerprint density at radius 2 is 1.71 bits per heavy atom. The lowest BCUT2D eigenvalue weighted by atomic mass is 10.2. The highest BCUT2D eigenvalue weighted by Gasteiger charge is 2.07. The first-order chi connectivity index (χ1) is 10.2. The number of carbonyl (C=O) groups is 2. The Hall–Kier alpha value is -2.04. The van der Waals surface area contributed by atoms with Gasteiger partial charge in [0.25, 0.3) is 0 Å². The number of nitrogens with one attached hydrogen (secondary N) is 2. The monoisotopic (exact) mass is 292 g/mol. The molecule has 2 amide bonds. The fourth-order valence-electron chi connectivity index (χ4n) is 1.64. The molecule has 0 radical (unpaired) electrons. The Bertz CT molecular complexity index is 443. The van der Waals surface area contributed by atoms with Gasteiger partial charge in [-0.1, -0.05) is 26.7 Å². The van der Waals surface area contributed by atoms with E-state index in [4.69, 9.17) is 4.74 Å². The molecule has 0 saturated heterocycles. The normalized spacial score (nSPS) is 10.0. The minimum absolute atomic E-state index is 0.235. The van der Waals surface area contributed by atoms with Crippen molar-refractivity contribution < 1.29 is 14.3 Å². The van der Waals surface area contributed by atoms with Crippen LogP contribution in [0.4, 0.5) is 10.5 Å². The molecule has 0 aliphatic heterocycles. The van der Waals surface area contributed by atoms with E-state index in [2.05, 4.69) is 17.6 Å². The molecule has 0 aliphatic rings. The fraction of sp³-hybridized carbons (Fsp3) is 0.500. The van der Waals surface area contributed by atoms with Gasteiger partial charge in [-0.05, 0) is 37.1 Å². The Morgan fingerprint density at radius 1 is 1.05 bits per heavy atom. The van der Waals surface area contributed by atoms with Gasteiger partial charge in [-0.3, -0.25) is 0 Å². The quantitative estimate of drug-likeness (QED) is 0.568. The first-order valence-electron chi connectivity index (χ1n) is 7.49. The Labute approximate surface area is 126 Å². The van der Waals surface area contributed by atoms with Crippen molar-refractivity contribution in [3.8, 4) is 0 Å². The minimum atomic E-state index is -0.331. The van der Waals surface area contributed by atoms with Crippen LogP contribution in [0.15, 0.2) is 24.3 Å². The Morgan fingerprint density at radius 3 is 2.33 bits per heavy atom. The zero-order chi connectivity index (χ0) is 15.5. The number of carbonyl (C=O) groups excluding carboxylic acids is 2. The predicted octanol–water partition coefficient (Wildman–Crippen LogP) is 3.57. The molecule has 1 aromatic rings. The smallest absolute Gasteiger partial charge is 0.338 e. The summed E-state index contributed by atoms with van der Waals surface area (Å²) in [5.74, 6) is -0.331. The number of esters is 1. The highest BCUT2D eigenvalue weighted by Crippen LogP contribution is 2.10. The molecule has 0 aromatic heterocycles. The van der Waals surface area contributed by atoms with Crippen molar-refractivity contribution in [2.24, 2.45) is 0 Å². The maximum atomic E-state index is 11.7. The van der Waals surface area contributed by atoms with E-state index >= 15 is 0 Å². The third-order valence-electron chi connectivity index (χ3n) is 2.93. The first-order valence-corrected chi connectivity index (χ1v) is 7.49. The third-order valence-corrected chi connectivity index (χ3v) is 2.93. The number of hydrogen-bond donors (Lipinski definition) is 2. The summed E-state index contributed by atoms with van der Waals surface area (Å²) >= 11 is 0. The van der Waals surface area contributed by atoms with Crippen LogP contribution in [0.2, 0.25) is 0 Å². The average molecular weight is 292 g/mol. The molecular weight excluding hydrogens is 268 g/mol. The number of hydrogen-bond acceptors (Lipinski definition) is 3. The first kappa shape index (κ1) is 17.0. The van der Waals surface area contributed by atoms with Crippen molar-refractivity contribution in [2.45, 2.75) is 39.5 Å². The van der Waals surface area contributed by atoms with Crippen molar-refractivity contribution in [1.82, 2.24) is 5.32 Å². The van der Waals surface area contributed by atoms with Gasteiger partial charge in [0, 0.05) is 12.2 Å². The molecule has 2 N–H and O–H groups in total. The summed E-state index contributed by atoms with van der Waals surface area (Å²) < 4.78 is 5.12.